The van der Waals surface area contributed by atoms with Crippen molar-refractivity contribution in [1.29, 1.82) is 0 Å². The topological polar surface area (TPSA) is 55.5 Å². The molecule has 1 heterocycles. The lowest BCUT2D eigenvalue weighted by molar-refractivity contribution is -0.114. The van der Waals surface area contributed by atoms with Crippen LogP contribution in [0.1, 0.15) is 12.0 Å². The van der Waals surface area contributed by atoms with E-state index in [1.807, 2.05) is 6.08 Å². The molecule has 1 aromatic carbocycles. The molecule has 100 valence electrons. The fourth-order valence-electron chi connectivity index (χ4n) is 2.28. The van der Waals surface area contributed by atoms with E-state index >= 15 is 0 Å². The smallest absolute Gasteiger partial charge is 0.267 e. The summed E-state index contributed by atoms with van der Waals surface area (Å²) in [6, 6.07) is 3.38. The van der Waals surface area contributed by atoms with E-state index < -0.39 is 17.5 Å². The van der Waals surface area contributed by atoms with Gasteiger partial charge in [-0.25, -0.2) is 13.8 Å². The quantitative estimate of drug-likeness (QED) is 0.883. The number of primary amides is 1. The van der Waals surface area contributed by atoms with Crippen molar-refractivity contribution < 1.29 is 13.6 Å². The number of halogens is 2. The number of fused-ring (bicyclic) bond motifs is 1. The Balaban J connectivity index is 2.07. The van der Waals surface area contributed by atoms with Gasteiger partial charge >= 0.3 is 0 Å². The van der Waals surface area contributed by atoms with Crippen LogP contribution in [-0.2, 0) is 4.79 Å². The first-order chi connectivity index (χ1) is 9.56. The summed E-state index contributed by atoms with van der Waals surface area (Å²) in [6.45, 7) is 0. The van der Waals surface area contributed by atoms with Crippen molar-refractivity contribution in [3.05, 3.63) is 64.9 Å². The minimum absolute atomic E-state index is 0.140. The highest BCUT2D eigenvalue weighted by Gasteiger charge is 2.25. The Kier molecular flexibility index (Phi) is 2.82. The number of nitrogens with two attached hydrogens (primary N) is 1. The summed E-state index contributed by atoms with van der Waals surface area (Å²) in [7, 11) is 0. The van der Waals surface area contributed by atoms with E-state index in [1.54, 1.807) is 12.2 Å². The van der Waals surface area contributed by atoms with E-state index in [4.69, 9.17) is 5.73 Å². The van der Waals surface area contributed by atoms with Crippen molar-refractivity contribution >= 4 is 17.2 Å². The first-order valence-corrected chi connectivity index (χ1v) is 6.03. The second-order valence-corrected chi connectivity index (χ2v) is 4.49. The van der Waals surface area contributed by atoms with Gasteiger partial charge in [0.1, 0.15) is 17.3 Å². The van der Waals surface area contributed by atoms with E-state index in [2.05, 4.69) is 4.99 Å². The van der Waals surface area contributed by atoms with E-state index in [0.29, 0.717) is 17.7 Å². The molecule has 1 aromatic rings. The van der Waals surface area contributed by atoms with Gasteiger partial charge in [-0.05, 0) is 30.2 Å². The monoisotopic (exact) mass is 272 g/mol. The summed E-state index contributed by atoms with van der Waals surface area (Å²) in [5.41, 5.74) is 7.38. The van der Waals surface area contributed by atoms with Gasteiger partial charge in [0, 0.05) is 17.2 Å². The first-order valence-electron chi connectivity index (χ1n) is 6.03. The number of rotatable bonds is 2. The van der Waals surface area contributed by atoms with Crippen molar-refractivity contribution in [3.63, 3.8) is 0 Å². The SMILES string of the molecule is NC(=O)C1=CC2=CCC=C(c3ccc(F)cc3F)C2=N1. The lowest BCUT2D eigenvalue weighted by atomic mass is 9.91. The largest absolute Gasteiger partial charge is 0.364 e. The molecule has 2 aliphatic rings. The van der Waals surface area contributed by atoms with Gasteiger partial charge in [-0.3, -0.25) is 4.79 Å². The highest BCUT2D eigenvalue weighted by molar-refractivity contribution is 6.35. The molecule has 3 nitrogen and oxygen atoms in total. The molecule has 20 heavy (non-hydrogen) atoms. The number of carbonyl (C=O) groups excluding carboxylic acids is 1. The van der Waals surface area contributed by atoms with Crippen molar-refractivity contribution in [2.75, 3.05) is 0 Å². The predicted molar refractivity (Wildman–Crippen MR) is 71.7 cm³/mol. The van der Waals surface area contributed by atoms with Gasteiger partial charge in [0.25, 0.3) is 5.91 Å². The van der Waals surface area contributed by atoms with Gasteiger partial charge in [0.15, 0.2) is 0 Å². The van der Waals surface area contributed by atoms with Crippen molar-refractivity contribution in [3.8, 4) is 0 Å². The molecular formula is C15H10F2N2O. The van der Waals surface area contributed by atoms with Gasteiger partial charge in [0.05, 0.1) is 5.71 Å². The summed E-state index contributed by atoms with van der Waals surface area (Å²) in [5, 5.41) is 0. The third kappa shape index (κ3) is 1.97. The fraction of sp³-hybridized carbons (Fsp3) is 0.0667. The Morgan fingerprint density at radius 3 is 2.75 bits per heavy atom. The summed E-state index contributed by atoms with van der Waals surface area (Å²) in [5.74, 6) is -1.93. The lowest BCUT2D eigenvalue weighted by Gasteiger charge is -2.14. The predicted octanol–water partition coefficient (Wildman–Crippen LogP) is 2.50. The Labute approximate surface area is 113 Å². The van der Waals surface area contributed by atoms with Crippen LogP contribution >= 0.6 is 0 Å². The molecule has 0 saturated carbocycles. The Morgan fingerprint density at radius 2 is 2.05 bits per heavy atom. The molecule has 0 saturated heterocycles. The van der Waals surface area contributed by atoms with Gasteiger partial charge in [-0.1, -0.05) is 12.2 Å². The number of allylic oxidation sites excluding steroid dienone is 5. The van der Waals surface area contributed by atoms with Gasteiger partial charge in [-0.2, -0.15) is 0 Å². The minimum atomic E-state index is -0.660. The highest BCUT2D eigenvalue weighted by atomic mass is 19.1. The average Bonchev–Trinajstić information content (AvgIpc) is 2.83. The second kappa shape index (κ2) is 4.52. The molecule has 1 aliphatic carbocycles. The fourth-order valence-corrected chi connectivity index (χ4v) is 2.28. The van der Waals surface area contributed by atoms with Gasteiger partial charge in [0.2, 0.25) is 0 Å². The zero-order valence-corrected chi connectivity index (χ0v) is 10.4. The van der Waals surface area contributed by atoms with Gasteiger partial charge < -0.3 is 5.73 Å². The van der Waals surface area contributed by atoms with Crippen molar-refractivity contribution in [2.24, 2.45) is 10.7 Å². The highest BCUT2D eigenvalue weighted by Crippen LogP contribution is 2.32. The molecule has 0 spiro atoms. The molecule has 5 heteroatoms. The summed E-state index contributed by atoms with van der Waals surface area (Å²) >= 11 is 0. The van der Waals surface area contributed by atoms with E-state index in [0.717, 1.165) is 11.6 Å². The van der Waals surface area contributed by atoms with Crippen LogP contribution in [0.2, 0.25) is 0 Å². The Morgan fingerprint density at radius 1 is 1.25 bits per heavy atom. The summed E-state index contributed by atoms with van der Waals surface area (Å²) < 4.78 is 26.9. The molecule has 3 rings (SSSR count). The van der Waals surface area contributed by atoms with Crippen LogP contribution in [0.3, 0.4) is 0 Å². The van der Waals surface area contributed by atoms with Crippen LogP contribution in [0.25, 0.3) is 5.57 Å². The van der Waals surface area contributed by atoms with E-state index in [1.165, 1.54) is 12.1 Å². The third-order valence-corrected chi connectivity index (χ3v) is 3.19. The number of aliphatic imine (C=N–C) groups is 1. The molecule has 1 amide bonds. The standard InChI is InChI=1S/C15H10F2N2O/c16-9-4-5-10(12(17)7-9)11-3-1-2-8-6-13(15(18)20)19-14(8)11/h2-7H,1H2,(H2,18,20). The van der Waals surface area contributed by atoms with Crippen LogP contribution in [0.4, 0.5) is 8.78 Å². The second-order valence-electron chi connectivity index (χ2n) is 4.49. The van der Waals surface area contributed by atoms with Crippen LogP contribution in [0, 0.1) is 11.6 Å². The van der Waals surface area contributed by atoms with E-state index in [-0.39, 0.29) is 11.3 Å². The average molecular weight is 272 g/mol. The number of hydrogen-bond acceptors (Lipinski definition) is 2. The molecule has 0 unspecified atom stereocenters. The van der Waals surface area contributed by atoms with Crippen LogP contribution in [0.5, 0.6) is 0 Å². The van der Waals surface area contributed by atoms with Crippen molar-refractivity contribution in [1.82, 2.24) is 0 Å². The maximum absolute atomic E-state index is 13.9. The number of carbonyl (C=O) groups is 1. The molecule has 1 aliphatic heterocycles. The maximum Gasteiger partial charge on any atom is 0.267 e. The summed E-state index contributed by atoms with van der Waals surface area (Å²) in [6.07, 6.45) is 5.82. The zero-order chi connectivity index (χ0) is 14.3. The minimum Gasteiger partial charge on any atom is -0.364 e. The van der Waals surface area contributed by atoms with Gasteiger partial charge in [-0.15, -0.1) is 0 Å². The lowest BCUT2D eigenvalue weighted by Crippen LogP contribution is -2.11. The number of amides is 1. The normalized spacial score (nSPS) is 16.9. The number of hydrogen-bond donors (Lipinski definition) is 1. The molecule has 0 atom stereocenters. The molecular weight excluding hydrogens is 262 g/mol. The molecule has 0 bridgehead atoms. The van der Waals surface area contributed by atoms with E-state index in [9.17, 15) is 13.6 Å². The maximum atomic E-state index is 13.9. The molecule has 0 radical (unpaired) electrons. The Bertz CT molecular complexity index is 742. The molecule has 2 N–H and O–H groups in total. The van der Waals surface area contributed by atoms with Crippen LogP contribution < -0.4 is 5.73 Å². The van der Waals surface area contributed by atoms with Crippen LogP contribution in [0.15, 0.2) is 52.7 Å². The zero-order valence-electron chi connectivity index (χ0n) is 10.4. The van der Waals surface area contributed by atoms with Crippen molar-refractivity contribution in [2.45, 2.75) is 6.42 Å². The first kappa shape index (κ1) is 12.5. The molecule has 0 fully saturated rings. The summed E-state index contributed by atoms with van der Waals surface area (Å²) in [4.78, 5) is 15.3. The third-order valence-electron chi connectivity index (χ3n) is 3.19. The van der Waals surface area contributed by atoms with Crippen LogP contribution in [-0.4, -0.2) is 11.6 Å². The number of nitrogens with zero attached hydrogens (tertiary/aromatic N) is 1. The Hall–Kier alpha value is -2.56. The molecule has 0 aromatic heterocycles. The number of benzene rings is 1.